The molecular formula is C19H25NO3S. The molecule has 24 heavy (non-hydrogen) atoms. The summed E-state index contributed by atoms with van der Waals surface area (Å²) in [7, 11) is 0. The molecule has 4 rings (SSSR count). The molecule has 2 aliphatic heterocycles. The Kier molecular flexibility index (Phi) is 4.83. The minimum Gasteiger partial charge on any atom is -0.347 e. The number of thioether (sulfide) groups is 1. The van der Waals surface area contributed by atoms with Crippen LogP contribution in [0.4, 0.5) is 0 Å². The Morgan fingerprint density at radius 1 is 1.21 bits per heavy atom. The third-order valence-corrected chi connectivity index (χ3v) is 6.72. The number of fused-ring (bicyclic) bond motifs is 1. The third-order valence-electron chi connectivity index (χ3n) is 5.41. The molecule has 4 nitrogen and oxygen atoms in total. The predicted molar refractivity (Wildman–Crippen MR) is 95.0 cm³/mol. The summed E-state index contributed by atoms with van der Waals surface area (Å²) in [5.74, 6) is 0.441. The summed E-state index contributed by atoms with van der Waals surface area (Å²) < 4.78 is 11.5. The van der Waals surface area contributed by atoms with Crippen LogP contribution in [0.2, 0.25) is 0 Å². The molecular weight excluding hydrogens is 322 g/mol. The summed E-state index contributed by atoms with van der Waals surface area (Å²) in [5, 5.41) is 0.469. The van der Waals surface area contributed by atoms with Gasteiger partial charge in [0.1, 0.15) is 0 Å². The number of hydrogen-bond acceptors (Lipinski definition) is 4. The van der Waals surface area contributed by atoms with Gasteiger partial charge in [0.2, 0.25) is 5.91 Å². The molecule has 0 bridgehead atoms. The van der Waals surface area contributed by atoms with Crippen LogP contribution in [0.5, 0.6) is 0 Å². The van der Waals surface area contributed by atoms with Crippen LogP contribution in [0.3, 0.4) is 0 Å². The van der Waals surface area contributed by atoms with E-state index in [4.69, 9.17) is 9.47 Å². The normalized spacial score (nSPS) is 25.7. The molecule has 0 radical (unpaired) electrons. The molecule has 5 heteroatoms. The number of carbonyl (C=O) groups is 1. The van der Waals surface area contributed by atoms with Crippen molar-refractivity contribution >= 4 is 17.7 Å². The van der Waals surface area contributed by atoms with E-state index in [1.807, 2.05) is 16.7 Å². The second-order valence-electron chi connectivity index (χ2n) is 6.88. The van der Waals surface area contributed by atoms with Crippen LogP contribution in [0.1, 0.15) is 42.1 Å². The molecule has 3 aliphatic rings. The minimum atomic E-state index is -0.397. The maximum Gasteiger partial charge on any atom is 0.232 e. The van der Waals surface area contributed by atoms with Crippen molar-refractivity contribution in [3.05, 3.63) is 35.4 Å². The average Bonchev–Trinajstić information content (AvgIpc) is 3.08. The van der Waals surface area contributed by atoms with Gasteiger partial charge in [0, 0.05) is 31.2 Å². The van der Waals surface area contributed by atoms with Crippen molar-refractivity contribution in [3.8, 4) is 0 Å². The van der Waals surface area contributed by atoms with Crippen LogP contribution in [0.15, 0.2) is 24.3 Å². The minimum absolute atomic E-state index is 0.260. The van der Waals surface area contributed by atoms with Gasteiger partial charge in [-0.1, -0.05) is 24.3 Å². The number of carbonyl (C=O) groups excluding carboxylic acids is 1. The monoisotopic (exact) mass is 347 g/mol. The zero-order chi connectivity index (χ0) is 16.4. The van der Waals surface area contributed by atoms with E-state index in [1.165, 1.54) is 30.4 Å². The fourth-order valence-corrected chi connectivity index (χ4v) is 5.30. The highest BCUT2D eigenvalue weighted by Crippen LogP contribution is 2.40. The van der Waals surface area contributed by atoms with Gasteiger partial charge in [-0.3, -0.25) is 4.79 Å². The van der Waals surface area contributed by atoms with Crippen LogP contribution in [-0.2, 0) is 20.7 Å². The molecule has 2 heterocycles. The summed E-state index contributed by atoms with van der Waals surface area (Å²) in [5.41, 5.74) is 2.90. The lowest BCUT2D eigenvalue weighted by molar-refractivity contribution is -0.186. The van der Waals surface area contributed by atoms with Crippen LogP contribution < -0.4 is 0 Å². The fraction of sp³-hybridized carbons (Fsp3) is 0.632. The highest BCUT2D eigenvalue weighted by Gasteiger charge is 2.40. The van der Waals surface area contributed by atoms with Gasteiger partial charge in [0.15, 0.2) is 5.79 Å². The summed E-state index contributed by atoms with van der Waals surface area (Å²) >= 11 is 1.81. The molecule has 0 aromatic heterocycles. The molecule has 2 fully saturated rings. The highest BCUT2D eigenvalue weighted by molar-refractivity contribution is 8.00. The number of likely N-dealkylation sites (tertiary alicyclic amines) is 1. The number of hydrogen-bond donors (Lipinski definition) is 0. The second-order valence-corrected chi connectivity index (χ2v) is 8.07. The Morgan fingerprint density at radius 3 is 2.75 bits per heavy atom. The Balaban J connectivity index is 1.30. The van der Waals surface area contributed by atoms with Crippen LogP contribution in [-0.4, -0.2) is 48.7 Å². The first-order valence-corrected chi connectivity index (χ1v) is 10.1. The van der Waals surface area contributed by atoms with Crippen LogP contribution in [0, 0.1) is 0 Å². The summed E-state index contributed by atoms with van der Waals surface area (Å²) in [4.78, 5) is 14.6. The fourth-order valence-electron chi connectivity index (χ4n) is 4.03. The number of rotatable bonds is 3. The Labute approximate surface area is 147 Å². The number of aryl methyl sites for hydroxylation is 1. The number of ether oxygens (including phenoxy) is 2. The topological polar surface area (TPSA) is 38.8 Å². The van der Waals surface area contributed by atoms with Crippen molar-refractivity contribution in [2.45, 2.75) is 43.1 Å². The SMILES string of the molecule is O=C(CS[C@@H]1CCCc2ccccc21)N1CCC2(CC1)OCCO2. The van der Waals surface area contributed by atoms with E-state index in [0.29, 0.717) is 24.2 Å². The first-order chi connectivity index (χ1) is 11.8. The molecule has 1 aromatic rings. The van der Waals surface area contributed by atoms with Gasteiger partial charge in [0.25, 0.3) is 0 Å². The van der Waals surface area contributed by atoms with Gasteiger partial charge in [-0.25, -0.2) is 0 Å². The van der Waals surface area contributed by atoms with Crippen LogP contribution >= 0.6 is 11.8 Å². The maximum absolute atomic E-state index is 12.6. The summed E-state index contributed by atoms with van der Waals surface area (Å²) in [6, 6.07) is 8.70. The standard InChI is InChI=1S/C19H25NO3S/c21-18(20-10-8-19(9-11-20)22-12-13-23-19)14-24-17-7-3-5-15-4-1-2-6-16(15)17/h1-2,4,6,17H,3,5,7-14H2/t17-/m1/s1. The van der Waals surface area contributed by atoms with Crippen LogP contribution in [0.25, 0.3) is 0 Å². The zero-order valence-electron chi connectivity index (χ0n) is 14.0. The smallest absolute Gasteiger partial charge is 0.232 e. The van der Waals surface area contributed by atoms with E-state index < -0.39 is 5.79 Å². The van der Waals surface area contributed by atoms with E-state index in [1.54, 1.807) is 0 Å². The maximum atomic E-state index is 12.6. The highest BCUT2D eigenvalue weighted by atomic mass is 32.2. The number of piperidine rings is 1. The van der Waals surface area contributed by atoms with Gasteiger partial charge in [-0.15, -0.1) is 11.8 Å². The molecule has 0 saturated carbocycles. The van der Waals surface area contributed by atoms with Crippen molar-refractivity contribution < 1.29 is 14.3 Å². The van der Waals surface area contributed by atoms with Crippen molar-refractivity contribution in [1.82, 2.24) is 4.90 Å². The Morgan fingerprint density at radius 2 is 1.96 bits per heavy atom. The number of amides is 1. The van der Waals surface area contributed by atoms with Gasteiger partial charge in [-0.2, -0.15) is 0 Å². The molecule has 0 N–H and O–H groups in total. The average molecular weight is 347 g/mol. The van der Waals surface area contributed by atoms with Crippen molar-refractivity contribution in [2.24, 2.45) is 0 Å². The molecule has 1 amide bonds. The van der Waals surface area contributed by atoms with Crippen molar-refractivity contribution in [2.75, 3.05) is 32.1 Å². The first kappa shape index (κ1) is 16.4. The molecule has 1 aromatic carbocycles. The molecule has 130 valence electrons. The van der Waals surface area contributed by atoms with Crippen molar-refractivity contribution in [1.29, 1.82) is 0 Å². The van der Waals surface area contributed by atoms with E-state index in [2.05, 4.69) is 24.3 Å². The van der Waals surface area contributed by atoms with Gasteiger partial charge >= 0.3 is 0 Å². The molecule has 2 saturated heterocycles. The second kappa shape index (κ2) is 7.06. The summed E-state index contributed by atoms with van der Waals surface area (Å²) in [6.07, 6.45) is 5.18. The largest absolute Gasteiger partial charge is 0.347 e. The lowest BCUT2D eigenvalue weighted by Gasteiger charge is -2.37. The molecule has 1 atom stereocenters. The lowest BCUT2D eigenvalue weighted by Crippen LogP contribution is -2.47. The molecule has 0 unspecified atom stereocenters. The van der Waals surface area contributed by atoms with Gasteiger partial charge < -0.3 is 14.4 Å². The predicted octanol–water partition coefficient (Wildman–Crippen LogP) is 3.16. The van der Waals surface area contributed by atoms with Gasteiger partial charge in [-0.05, 0) is 30.4 Å². The van der Waals surface area contributed by atoms with Gasteiger partial charge in [0.05, 0.1) is 19.0 Å². The first-order valence-electron chi connectivity index (χ1n) is 9.01. The lowest BCUT2D eigenvalue weighted by atomic mass is 9.91. The van der Waals surface area contributed by atoms with E-state index in [9.17, 15) is 4.79 Å². The number of nitrogens with zero attached hydrogens (tertiary/aromatic N) is 1. The zero-order valence-corrected chi connectivity index (χ0v) is 14.9. The molecule has 1 aliphatic carbocycles. The Hall–Kier alpha value is -1.04. The van der Waals surface area contributed by atoms with E-state index >= 15 is 0 Å². The van der Waals surface area contributed by atoms with E-state index in [-0.39, 0.29) is 5.91 Å². The molecule has 1 spiro atoms. The third kappa shape index (κ3) is 3.35. The quantitative estimate of drug-likeness (QED) is 0.842. The number of benzene rings is 1. The van der Waals surface area contributed by atoms with Crippen molar-refractivity contribution in [3.63, 3.8) is 0 Å². The Bertz CT molecular complexity index is 590. The van der Waals surface area contributed by atoms with E-state index in [0.717, 1.165) is 25.9 Å². The summed E-state index contributed by atoms with van der Waals surface area (Å²) in [6.45, 7) is 2.87.